The number of nitrogens with one attached hydrogen (secondary N) is 2. The number of methoxy groups -OCH3 is 1. The van der Waals surface area contributed by atoms with E-state index in [2.05, 4.69) is 26.0 Å². The lowest BCUT2D eigenvalue weighted by Gasteiger charge is -2.11. The van der Waals surface area contributed by atoms with Crippen molar-refractivity contribution in [2.24, 2.45) is 5.10 Å². The van der Waals surface area contributed by atoms with Crippen molar-refractivity contribution in [3.05, 3.63) is 54.1 Å². The van der Waals surface area contributed by atoms with E-state index in [1.807, 2.05) is 43.3 Å². The van der Waals surface area contributed by atoms with Crippen LogP contribution >= 0.6 is 11.8 Å². The number of nitrogen functional groups attached to an aromatic ring is 1. The summed E-state index contributed by atoms with van der Waals surface area (Å²) in [6.07, 6.45) is 1.66. The lowest BCUT2D eigenvalue weighted by Crippen LogP contribution is -2.16. The van der Waals surface area contributed by atoms with Crippen LogP contribution in [0.25, 0.3) is 0 Å². The van der Waals surface area contributed by atoms with E-state index in [0.717, 1.165) is 23.0 Å². The van der Waals surface area contributed by atoms with E-state index in [1.54, 1.807) is 37.6 Å². The Morgan fingerprint density at radius 3 is 2.74 bits per heavy atom. The highest BCUT2D eigenvalue weighted by Gasteiger charge is 2.12. The van der Waals surface area contributed by atoms with Gasteiger partial charge in [0, 0.05) is 31.5 Å². The van der Waals surface area contributed by atoms with Gasteiger partial charge in [-0.3, -0.25) is 4.79 Å². The number of nitrogens with two attached hydrogens (primary N) is 1. The van der Waals surface area contributed by atoms with Gasteiger partial charge in [0.05, 0.1) is 19.1 Å². The molecule has 3 aromatic rings. The van der Waals surface area contributed by atoms with Crippen molar-refractivity contribution in [3.63, 3.8) is 0 Å². The van der Waals surface area contributed by atoms with Crippen molar-refractivity contribution < 1.29 is 9.53 Å². The molecule has 1 heterocycles. The zero-order chi connectivity index (χ0) is 22.2. The van der Waals surface area contributed by atoms with E-state index < -0.39 is 0 Å². The van der Waals surface area contributed by atoms with Gasteiger partial charge < -0.3 is 20.8 Å². The molecule has 1 amide bonds. The summed E-state index contributed by atoms with van der Waals surface area (Å²) in [6, 6.07) is 15.0. The monoisotopic (exact) mass is 440 g/mol. The smallest absolute Gasteiger partial charge is 0.264 e. The van der Waals surface area contributed by atoms with Crippen molar-refractivity contribution in [2.75, 3.05) is 48.4 Å². The molecule has 0 saturated heterocycles. The Morgan fingerprint density at radius 2 is 2.03 bits per heavy atom. The van der Waals surface area contributed by atoms with E-state index in [4.69, 9.17) is 10.6 Å². The van der Waals surface area contributed by atoms with Crippen molar-refractivity contribution in [1.29, 1.82) is 0 Å². The van der Waals surface area contributed by atoms with Gasteiger partial charge in [0.15, 0.2) is 0 Å². The Kier molecular flexibility index (Phi) is 7.33. The van der Waals surface area contributed by atoms with Gasteiger partial charge in [-0.25, -0.2) is 10.1 Å². The number of thioether (sulfide) groups is 1. The molecule has 0 spiro atoms. The van der Waals surface area contributed by atoms with Gasteiger partial charge in [-0.05, 0) is 29.8 Å². The topological polar surface area (TPSA) is 123 Å². The highest BCUT2D eigenvalue weighted by Crippen LogP contribution is 2.19. The van der Waals surface area contributed by atoms with Crippen LogP contribution in [-0.2, 0) is 4.79 Å². The normalized spacial score (nSPS) is 10.8. The average molecular weight is 441 g/mol. The molecule has 11 heteroatoms. The summed E-state index contributed by atoms with van der Waals surface area (Å²) in [5.41, 5.74) is 5.42. The highest BCUT2D eigenvalue weighted by atomic mass is 32.2. The summed E-state index contributed by atoms with van der Waals surface area (Å²) in [5.74, 6) is 6.84. The second-order valence-corrected chi connectivity index (χ2v) is 7.54. The molecule has 10 nitrogen and oxygen atoms in total. The van der Waals surface area contributed by atoms with Gasteiger partial charge in [0.25, 0.3) is 5.95 Å². The summed E-state index contributed by atoms with van der Waals surface area (Å²) in [7, 11) is 5.54. The second-order valence-electron chi connectivity index (χ2n) is 6.60. The number of carbonyl (C=O) groups excluding carboxylic acids is 1. The van der Waals surface area contributed by atoms with Crippen molar-refractivity contribution >= 4 is 41.2 Å². The predicted molar refractivity (Wildman–Crippen MR) is 125 cm³/mol. The number of aromatic nitrogens is 3. The predicted octanol–water partition coefficient (Wildman–Crippen LogP) is 2.24. The molecular formula is C20H24N8O2S. The minimum Gasteiger partial charge on any atom is -0.497 e. The van der Waals surface area contributed by atoms with Gasteiger partial charge in [-0.1, -0.05) is 30.0 Å². The minimum atomic E-state index is -0.199. The maximum absolute atomic E-state index is 12.2. The van der Waals surface area contributed by atoms with Crippen LogP contribution in [-0.4, -0.2) is 54.0 Å². The van der Waals surface area contributed by atoms with E-state index >= 15 is 0 Å². The van der Waals surface area contributed by atoms with Crippen LogP contribution in [0.1, 0.15) is 5.56 Å². The van der Waals surface area contributed by atoms with Crippen molar-refractivity contribution in [1.82, 2.24) is 14.9 Å². The molecule has 0 atom stereocenters. The number of nitrogens with zero attached hydrogens (tertiary/aromatic N) is 5. The number of amides is 1. The summed E-state index contributed by atoms with van der Waals surface area (Å²) in [4.78, 5) is 14.2. The van der Waals surface area contributed by atoms with Crippen LogP contribution in [0.3, 0.4) is 0 Å². The molecule has 0 radical (unpaired) electrons. The molecule has 4 N–H and O–H groups in total. The number of hydrazone groups is 1. The molecule has 0 aliphatic rings. The lowest BCUT2D eigenvalue weighted by molar-refractivity contribution is -0.113. The minimum absolute atomic E-state index is 0.119. The molecule has 0 bridgehead atoms. The molecule has 0 aliphatic heterocycles. The van der Waals surface area contributed by atoms with E-state index in [-0.39, 0.29) is 17.6 Å². The number of hydrogen-bond donors (Lipinski definition) is 3. The number of carbonyl (C=O) groups is 1. The second kappa shape index (κ2) is 10.3. The standard InChI is InChI=1S/C20H24N8O2S/c1-27(2)16-9-7-14(8-10-16)12-22-24-19-25-26-20(28(19)21)31-13-18(29)23-15-5-4-6-17(11-15)30-3/h4-12H,13,21H2,1-3H3,(H,23,29)(H,24,25)/b22-12+. The fraction of sp³-hybridized carbons (Fsp3) is 0.200. The third-order valence-electron chi connectivity index (χ3n) is 4.14. The van der Waals surface area contributed by atoms with E-state index in [1.165, 1.54) is 4.68 Å². The van der Waals surface area contributed by atoms with Crippen LogP contribution in [0.15, 0.2) is 58.8 Å². The Balaban J connectivity index is 1.51. The largest absolute Gasteiger partial charge is 0.497 e. The lowest BCUT2D eigenvalue weighted by atomic mass is 10.2. The summed E-state index contributed by atoms with van der Waals surface area (Å²) in [5, 5.41) is 15.3. The summed E-state index contributed by atoms with van der Waals surface area (Å²) < 4.78 is 6.39. The molecule has 0 fully saturated rings. The molecule has 3 rings (SSSR count). The van der Waals surface area contributed by atoms with E-state index in [9.17, 15) is 4.79 Å². The van der Waals surface area contributed by atoms with Gasteiger partial charge >= 0.3 is 0 Å². The molecular weight excluding hydrogens is 416 g/mol. The van der Waals surface area contributed by atoms with E-state index in [0.29, 0.717) is 16.6 Å². The fourth-order valence-electron chi connectivity index (χ4n) is 2.50. The first-order valence-electron chi connectivity index (χ1n) is 9.30. The Labute approximate surface area is 184 Å². The van der Waals surface area contributed by atoms with Gasteiger partial charge in [-0.2, -0.15) is 5.10 Å². The highest BCUT2D eigenvalue weighted by molar-refractivity contribution is 7.99. The third kappa shape index (κ3) is 6.12. The first kappa shape index (κ1) is 22.0. The summed E-state index contributed by atoms with van der Waals surface area (Å²) >= 11 is 1.16. The maximum Gasteiger partial charge on any atom is 0.264 e. The Morgan fingerprint density at radius 1 is 1.26 bits per heavy atom. The first-order chi connectivity index (χ1) is 15.0. The first-order valence-corrected chi connectivity index (χ1v) is 10.3. The Hall–Kier alpha value is -3.73. The Bertz CT molecular complexity index is 1050. The average Bonchev–Trinajstić information content (AvgIpc) is 3.12. The molecule has 0 saturated carbocycles. The van der Waals surface area contributed by atoms with Gasteiger partial charge in [0.2, 0.25) is 11.1 Å². The molecule has 0 aliphatic carbocycles. The van der Waals surface area contributed by atoms with Crippen molar-refractivity contribution in [2.45, 2.75) is 5.16 Å². The number of rotatable bonds is 9. The van der Waals surface area contributed by atoms with Crippen molar-refractivity contribution in [3.8, 4) is 5.75 Å². The van der Waals surface area contributed by atoms with Gasteiger partial charge in [-0.15, -0.1) is 10.2 Å². The summed E-state index contributed by atoms with van der Waals surface area (Å²) in [6.45, 7) is 0. The van der Waals surface area contributed by atoms with Crippen LogP contribution < -0.4 is 26.2 Å². The quantitative estimate of drug-likeness (QED) is 0.200. The SMILES string of the molecule is COc1cccc(NC(=O)CSc2nnc(N/N=C/c3ccc(N(C)C)cc3)n2N)c1. The fourth-order valence-corrected chi connectivity index (χ4v) is 3.16. The molecule has 31 heavy (non-hydrogen) atoms. The maximum atomic E-state index is 12.2. The van der Waals surface area contributed by atoms with Crippen LogP contribution in [0.2, 0.25) is 0 Å². The van der Waals surface area contributed by atoms with Crippen LogP contribution in [0.4, 0.5) is 17.3 Å². The number of benzene rings is 2. The molecule has 1 aromatic heterocycles. The number of ether oxygens (including phenoxy) is 1. The van der Waals surface area contributed by atoms with Gasteiger partial charge in [0.1, 0.15) is 5.75 Å². The number of hydrogen-bond acceptors (Lipinski definition) is 9. The van der Waals surface area contributed by atoms with Crippen LogP contribution in [0, 0.1) is 0 Å². The third-order valence-corrected chi connectivity index (χ3v) is 5.08. The zero-order valence-electron chi connectivity index (χ0n) is 17.4. The molecule has 2 aromatic carbocycles. The zero-order valence-corrected chi connectivity index (χ0v) is 18.3. The number of anilines is 3. The molecule has 162 valence electrons. The van der Waals surface area contributed by atoms with Crippen LogP contribution in [0.5, 0.6) is 5.75 Å². The molecule has 0 unspecified atom stereocenters.